The van der Waals surface area contributed by atoms with Crippen molar-refractivity contribution < 1.29 is 14.3 Å². The molecule has 29 heavy (non-hydrogen) atoms. The number of aromatic nitrogens is 2. The lowest BCUT2D eigenvalue weighted by Gasteiger charge is -2.11. The number of hydrazone groups is 1. The van der Waals surface area contributed by atoms with E-state index >= 15 is 0 Å². The molecular formula is C21H26N4O3S. The lowest BCUT2D eigenvalue weighted by atomic mass is 10.2. The summed E-state index contributed by atoms with van der Waals surface area (Å²) in [4.78, 5) is 21.0. The van der Waals surface area contributed by atoms with Crippen molar-refractivity contribution >= 4 is 23.9 Å². The molecule has 1 amide bonds. The maximum atomic E-state index is 12.3. The number of rotatable bonds is 10. The summed E-state index contributed by atoms with van der Waals surface area (Å²) >= 11 is 1.29. The van der Waals surface area contributed by atoms with Gasteiger partial charge >= 0.3 is 0 Å². The van der Waals surface area contributed by atoms with Crippen LogP contribution in [0, 0.1) is 13.8 Å². The second-order valence-corrected chi connectivity index (χ2v) is 7.47. The van der Waals surface area contributed by atoms with Gasteiger partial charge < -0.3 is 9.47 Å². The van der Waals surface area contributed by atoms with E-state index in [1.807, 2.05) is 32.9 Å². The number of ether oxygens (including phenoxy) is 2. The highest BCUT2D eigenvalue weighted by Gasteiger charge is 2.16. The minimum atomic E-state index is -0.387. The molecular weight excluding hydrogens is 388 g/mol. The van der Waals surface area contributed by atoms with Gasteiger partial charge in [0.1, 0.15) is 6.61 Å². The van der Waals surface area contributed by atoms with Crippen LogP contribution < -0.4 is 14.9 Å². The third-order valence-corrected chi connectivity index (χ3v) is 4.59. The molecule has 1 aromatic carbocycles. The van der Waals surface area contributed by atoms with Crippen LogP contribution in [-0.2, 0) is 4.79 Å². The molecule has 2 rings (SSSR count). The van der Waals surface area contributed by atoms with Crippen LogP contribution in [0.4, 0.5) is 0 Å². The second-order valence-electron chi connectivity index (χ2n) is 6.17. The predicted octanol–water partition coefficient (Wildman–Crippen LogP) is 3.69. The fourth-order valence-electron chi connectivity index (χ4n) is 2.36. The fourth-order valence-corrected chi connectivity index (χ4v) is 3.23. The van der Waals surface area contributed by atoms with Crippen LogP contribution in [-0.4, -0.2) is 40.6 Å². The van der Waals surface area contributed by atoms with Crippen LogP contribution in [0.3, 0.4) is 0 Å². The van der Waals surface area contributed by atoms with Crippen LogP contribution in [0.1, 0.15) is 30.8 Å². The molecule has 0 fully saturated rings. The zero-order valence-electron chi connectivity index (χ0n) is 17.1. The monoisotopic (exact) mass is 414 g/mol. The number of hydrogen-bond acceptors (Lipinski definition) is 7. The van der Waals surface area contributed by atoms with Crippen LogP contribution in [0.15, 0.2) is 47.2 Å². The lowest BCUT2D eigenvalue weighted by Crippen LogP contribution is -2.27. The summed E-state index contributed by atoms with van der Waals surface area (Å²) in [7, 11) is 0. The van der Waals surface area contributed by atoms with Gasteiger partial charge in [-0.3, -0.25) is 4.79 Å². The van der Waals surface area contributed by atoms with E-state index in [-0.39, 0.29) is 11.2 Å². The molecule has 154 valence electrons. The number of nitrogens with zero attached hydrogens (tertiary/aromatic N) is 3. The Bertz CT molecular complexity index is 866. The molecule has 2 aromatic rings. The first-order valence-corrected chi connectivity index (χ1v) is 10.1. The molecule has 0 aliphatic heterocycles. The Labute approximate surface area is 175 Å². The van der Waals surface area contributed by atoms with Crippen LogP contribution in [0.25, 0.3) is 0 Å². The molecule has 8 heteroatoms. The Morgan fingerprint density at radius 3 is 2.62 bits per heavy atom. The van der Waals surface area contributed by atoms with Gasteiger partial charge in [-0.25, -0.2) is 15.4 Å². The van der Waals surface area contributed by atoms with Crippen LogP contribution in [0.5, 0.6) is 11.5 Å². The van der Waals surface area contributed by atoms with Gasteiger partial charge in [0.25, 0.3) is 5.91 Å². The summed E-state index contributed by atoms with van der Waals surface area (Å²) < 4.78 is 11.2. The van der Waals surface area contributed by atoms with E-state index in [1.54, 1.807) is 31.3 Å². The summed E-state index contributed by atoms with van der Waals surface area (Å²) in [5.41, 5.74) is 5.07. The van der Waals surface area contributed by atoms with Crippen molar-refractivity contribution in [2.24, 2.45) is 5.10 Å². The van der Waals surface area contributed by atoms with Crippen LogP contribution >= 0.6 is 11.8 Å². The van der Waals surface area contributed by atoms with Gasteiger partial charge in [-0.2, -0.15) is 5.10 Å². The molecule has 1 aromatic heterocycles. The van der Waals surface area contributed by atoms with Crippen molar-refractivity contribution in [1.82, 2.24) is 15.4 Å². The van der Waals surface area contributed by atoms with Gasteiger partial charge in [-0.1, -0.05) is 24.4 Å². The van der Waals surface area contributed by atoms with Gasteiger partial charge in [0.2, 0.25) is 0 Å². The van der Waals surface area contributed by atoms with Gasteiger partial charge in [-0.15, -0.1) is 0 Å². The number of carbonyl (C=O) groups excluding carboxylic acids is 1. The zero-order valence-corrected chi connectivity index (χ0v) is 18.0. The highest BCUT2D eigenvalue weighted by molar-refractivity contribution is 8.00. The Morgan fingerprint density at radius 1 is 1.24 bits per heavy atom. The van der Waals surface area contributed by atoms with E-state index in [9.17, 15) is 4.79 Å². The van der Waals surface area contributed by atoms with Crippen molar-refractivity contribution in [1.29, 1.82) is 0 Å². The van der Waals surface area contributed by atoms with Crippen molar-refractivity contribution in [2.75, 3.05) is 13.2 Å². The third-order valence-electron chi connectivity index (χ3n) is 3.63. The van der Waals surface area contributed by atoms with Crippen molar-refractivity contribution in [3.63, 3.8) is 0 Å². The smallest absolute Gasteiger partial charge is 0.253 e. The first-order valence-electron chi connectivity index (χ1n) is 9.25. The summed E-state index contributed by atoms with van der Waals surface area (Å²) in [5.74, 6) is 1.01. The molecule has 0 radical (unpaired) electrons. The highest BCUT2D eigenvalue weighted by atomic mass is 32.2. The lowest BCUT2D eigenvalue weighted by molar-refractivity contribution is -0.120. The van der Waals surface area contributed by atoms with E-state index in [0.717, 1.165) is 17.0 Å². The number of hydrogen-bond donors (Lipinski definition) is 1. The maximum Gasteiger partial charge on any atom is 0.253 e. The van der Waals surface area contributed by atoms with Gasteiger partial charge in [0.15, 0.2) is 16.7 Å². The predicted molar refractivity (Wildman–Crippen MR) is 116 cm³/mol. The second kappa shape index (κ2) is 11.2. The Hall–Kier alpha value is -2.87. The Balaban J connectivity index is 1.97. The number of aryl methyl sites for hydroxylation is 2. The average molecular weight is 415 g/mol. The third kappa shape index (κ3) is 7.23. The minimum absolute atomic E-state index is 0.232. The normalized spacial score (nSPS) is 11.9. The molecule has 0 saturated carbocycles. The SMILES string of the molecule is C=CCOc1ccc(/C=N/NC(=O)C(C)Sc2nc(C)cc(C)n2)cc1OCC. The minimum Gasteiger partial charge on any atom is -0.490 e. The molecule has 0 aliphatic carbocycles. The fraction of sp³-hybridized carbons (Fsp3) is 0.333. The average Bonchev–Trinajstić information content (AvgIpc) is 2.66. The largest absolute Gasteiger partial charge is 0.490 e. The van der Waals surface area contributed by atoms with Crippen molar-refractivity contribution in [2.45, 2.75) is 38.1 Å². The number of benzene rings is 1. The quantitative estimate of drug-likeness (QED) is 0.210. The number of amides is 1. The molecule has 7 nitrogen and oxygen atoms in total. The molecule has 1 unspecified atom stereocenters. The molecule has 1 heterocycles. The van der Waals surface area contributed by atoms with E-state index in [4.69, 9.17) is 9.47 Å². The first-order chi connectivity index (χ1) is 13.9. The summed E-state index contributed by atoms with van der Waals surface area (Å²) in [6.07, 6.45) is 3.23. The summed E-state index contributed by atoms with van der Waals surface area (Å²) in [5, 5.41) is 4.23. The van der Waals surface area contributed by atoms with Crippen LogP contribution in [0.2, 0.25) is 0 Å². The molecule has 0 spiro atoms. The maximum absolute atomic E-state index is 12.3. The molecule has 0 bridgehead atoms. The number of nitrogens with one attached hydrogen (secondary N) is 1. The molecule has 1 atom stereocenters. The Morgan fingerprint density at radius 2 is 1.97 bits per heavy atom. The number of thioether (sulfide) groups is 1. The van der Waals surface area contributed by atoms with Gasteiger partial charge in [0, 0.05) is 11.4 Å². The first kappa shape index (κ1) is 22.4. The van der Waals surface area contributed by atoms with E-state index in [0.29, 0.717) is 29.9 Å². The molecule has 0 aliphatic rings. The van der Waals surface area contributed by atoms with E-state index in [1.165, 1.54) is 11.8 Å². The van der Waals surface area contributed by atoms with E-state index < -0.39 is 0 Å². The summed E-state index contributed by atoms with van der Waals surface area (Å²) in [6.45, 7) is 12.0. The van der Waals surface area contributed by atoms with Gasteiger partial charge in [0.05, 0.1) is 18.1 Å². The van der Waals surface area contributed by atoms with Crippen molar-refractivity contribution in [3.8, 4) is 11.5 Å². The Kier molecular flexibility index (Phi) is 8.67. The van der Waals surface area contributed by atoms with Crippen molar-refractivity contribution in [3.05, 3.63) is 53.9 Å². The zero-order chi connectivity index (χ0) is 21.2. The summed E-state index contributed by atoms with van der Waals surface area (Å²) in [6, 6.07) is 7.33. The topological polar surface area (TPSA) is 85.7 Å². The van der Waals surface area contributed by atoms with Gasteiger partial charge in [-0.05, 0) is 57.5 Å². The highest BCUT2D eigenvalue weighted by Crippen LogP contribution is 2.28. The number of carbonyl (C=O) groups is 1. The molecule has 1 N–H and O–H groups in total. The standard InChI is InChI=1S/C21H26N4O3S/c1-6-10-28-18-9-8-17(12-19(18)27-7-2)13-22-25-20(26)16(5)29-21-23-14(3)11-15(4)24-21/h6,8-9,11-13,16H,1,7,10H2,2-5H3,(H,25,26)/b22-13+. The molecule has 0 saturated heterocycles. The van der Waals surface area contributed by atoms with E-state index in [2.05, 4.69) is 27.1 Å².